The van der Waals surface area contributed by atoms with E-state index in [-0.39, 0.29) is 0 Å². The van der Waals surface area contributed by atoms with E-state index in [9.17, 15) is 5.11 Å². The summed E-state index contributed by atoms with van der Waals surface area (Å²) in [4.78, 5) is 0. The lowest BCUT2D eigenvalue weighted by atomic mass is 10.3. The van der Waals surface area contributed by atoms with Gasteiger partial charge < -0.3 is 19.9 Å². The molecule has 0 saturated heterocycles. The smallest absolute Gasteiger partial charge is 0.235 e. The van der Waals surface area contributed by atoms with Crippen molar-refractivity contribution in [2.24, 2.45) is 0 Å². The van der Waals surface area contributed by atoms with Crippen molar-refractivity contribution in [2.75, 3.05) is 19.0 Å². The molecule has 1 atom stereocenters. The largest absolute Gasteiger partial charge is 0.495 e. The molecule has 1 unspecified atom stereocenters. The highest BCUT2D eigenvalue weighted by atomic mass is 79.9. The van der Waals surface area contributed by atoms with Gasteiger partial charge in [0.25, 0.3) is 0 Å². The third-order valence-corrected chi connectivity index (χ3v) is 2.26. The fraction of sp³-hybridized carbons (Fsp3) is 0.400. The zero-order valence-electron chi connectivity index (χ0n) is 8.66. The average molecular weight is 276 g/mol. The van der Waals surface area contributed by atoms with Crippen molar-refractivity contribution < 1.29 is 14.6 Å². The van der Waals surface area contributed by atoms with E-state index in [2.05, 4.69) is 21.2 Å². The van der Waals surface area contributed by atoms with Crippen molar-refractivity contribution in [1.29, 1.82) is 0 Å². The topological polar surface area (TPSA) is 50.7 Å². The molecule has 0 heterocycles. The third kappa shape index (κ3) is 3.70. The highest BCUT2D eigenvalue weighted by molar-refractivity contribution is 9.10. The van der Waals surface area contributed by atoms with Crippen LogP contribution in [0.15, 0.2) is 22.7 Å². The summed E-state index contributed by atoms with van der Waals surface area (Å²) in [6.07, 6.45) is -1.03. The quantitative estimate of drug-likeness (QED) is 0.809. The molecular formula is C10H14BrNO3. The number of hydrogen-bond donors (Lipinski definition) is 2. The summed E-state index contributed by atoms with van der Waals surface area (Å²) in [5.74, 6) is 0.650. The van der Waals surface area contributed by atoms with Gasteiger partial charge in [-0.1, -0.05) is 15.9 Å². The number of ether oxygens (including phenoxy) is 2. The number of aliphatic hydroxyl groups is 1. The van der Waals surface area contributed by atoms with E-state index in [0.29, 0.717) is 18.0 Å². The number of rotatable bonds is 5. The van der Waals surface area contributed by atoms with Gasteiger partial charge in [-0.3, -0.25) is 0 Å². The van der Waals surface area contributed by atoms with Gasteiger partial charge >= 0.3 is 0 Å². The lowest BCUT2D eigenvalue weighted by Gasteiger charge is -2.16. The minimum absolute atomic E-state index is 0.435. The predicted octanol–water partition coefficient (Wildman–Crippen LogP) is 2.18. The van der Waals surface area contributed by atoms with Gasteiger partial charge in [-0.15, -0.1) is 0 Å². The van der Waals surface area contributed by atoms with Crippen molar-refractivity contribution in [3.05, 3.63) is 22.7 Å². The molecule has 0 saturated carbocycles. The van der Waals surface area contributed by atoms with Crippen LogP contribution in [0.1, 0.15) is 6.92 Å². The molecule has 0 fully saturated rings. The Bertz CT molecular complexity index is 320. The summed E-state index contributed by atoms with van der Waals surface area (Å²) in [5, 5.41) is 12.2. The van der Waals surface area contributed by atoms with Crippen LogP contribution in [0.25, 0.3) is 0 Å². The van der Waals surface area contributed by atoms with Crippen LogP contribution in [0.3, 0.4) is 0 Å². The molecule has 0 spiro atoms. The molecule has 0 aliphatic rings. The Labute approximate surface area is 97.3 Å². The Kier molecular flexibility index (Phi) is 4.87. The zero-order valence-corrected chi connectivity index (χ0v) is 10.2. The Morgan fingerprint density at radius 1 is 1.53 bits per heavy atom. The van der Waals surface area contributed by atoms with Crippen LogP contribution in [0, 0.1) is 0 Å². The Morgan fingerprint density at radius 2 is 2.27 bits per heavy atom. The third-order valence-electron chi connectivity index (χ3n) is 1.77. The van der Waals surface area contributed by atoms with Crippen LogP contribution in [0.2, 0.25) is 0 Å². The normalized spacial score (nSPS) is 12.3. The predicted molar refractivity (Wildman–Crippen MR) is 61.9 cm³/mol. The highest BCUT2D eigenvalue weighted by Gasteiger charge is 2.07. The Balaban J connectivity index is 2.77. The molecule has 2 N–H and O–H groups in total. The maximum Gasteiger partial charge on any atom is 0.235 e. The number of aliphatic hydroxyl groups excluding tert-OH is 1. The zero-order chi connectivity index (χ0) is 11.3. The molecule has 5 heteroatoms. The van der Waals surface area contributed by atoms with Gasteiger partial charge in [0.05, 0.1) is 12.8 Å². The van der Waals surface area contributed by atoms with E-state index in [4.69, 9.17) is 9.47 Å². The minimum atomic E-state index is -1.03. The summed E-state index contributed by atoms with van der Waals surface area (Å²) in [7, 11) is 1.57. The van der Waals surface area contributed by atoms with E-state index in [1.165, 1.54) is 0 Å². The fourth-order valence-corrected chi connectivity index (χ4v) is 1.49. The van der Waals surface area contributed by atoms with Gasteiger partial charge in [-0.05, 0) is 25.1 Å². The summed E-state index contributed by atoms with van der Waals surface area (Å²) < 4.78 is 11.0. The molecule has 4 nitrogen and oxygen atoms in total. The van der Waals surface area contributed by atoms with Gasteiger partial charge in [-0.25, -0.2) is 0 Å². The molecule has 0 aliphatic heterocycles. The number of halogens is 1. The Morgan fingerprint density at radius 3 is 2.87 bits per heavy atom. The molecule has 15 heavy (non-hydrogen) atoms. The van der Waals surface area contributed by atoms with Crippen LogP contribution in [-0.4, -0.2) is 25.2 Å². The summed E-state index contributed by atoms with van der Waals surface area (Å²) in [6.45, 7) is 2.24. The number of nitrogens with one attached hydrogen (secondary N) is 1. The van der Waals surface area contributed by atoms with E-state index in [0.717, 1.165) is 4.47 Å². The van der Waals surface area contributed by atoms with Crippen LogP contribution in [0.4, 0.5) is 5.69 Å². The highest BCUT2D eigenvalue weighted by Crippen LogP contribution is 2.28. The molecule has 0 radical (unpaired) electrons. The second-order valence-corrected chi connectivity index (χ2v) is 3.71. The number of hydrogen-bond acceptors (Lipinski definition) is 4. The van der Waals surface area contributed by atoms with Gasteiger partial charge in [0.15, 0.2) is 0 Å². The van der Waals surface area contributed by atoms with E-state index in [1.54, 1.807) is 19.2 Å². The average Bonchev–Trinajstić information content (AvgIpc) is 2.18. The van der Waals surface area contributed by atoms with Gasteiger partial charge in [0, 0.05) is 11.1 Å². The van der Waals surface area contributed by atoms with Crippen LogP contribution in [0.5, 0.6) is 5.75 Å². The van der Waals surface area contributed by atoms with Crippen LogP contribution < -0.4 is 10.1 Å². The van der Waals surface area contributed by atoms with Crippen molar-refractivity contribution in [2.45, 2.75) is 13.3 Å². The summed E-state index contributed by atoms with van der Waals surface area (Å²) >= 11 is 3.34. The first-order valence-electron chi connectivity index (χ1n) is 4.57. The molecule has 0 aromatic heterocycles. The first-order valence-corrected chi connectivity index (χ1v) is 5.36. The fourth-order valence-electron chi connectivity index (χ4n) is 1.13. The Hall–Kier alpha value is -0.780. The van der Waals surface area contributed by atoms with Gasteiger partial charge in [-0.2, -0.15) is 0 Å². The van der Waals surface area contributed by atoms with Crippen molar-refractivity contribution in [1.82, 2.24) is 0 Å². The minimum Gasteiger partial charge on any atom is -0.495 e. The maximum absolute atomic E-state index is 9.41. The number of anilines is 1. The first-order chi connectivity index (χ1) is 7.17. The lowest BCUT2D eigenvalue weighted by Crippen LogP contribution is -2.22. The van der Waals surface area contributed by atoms with Crippen LogP contribution >= 0.6 is 15.9 Å². The van der Waals surface area contributed by atoms with E-state index >= 15 is 0 Å². The summed E-state index contributed by atoms with van der Waals surface area (Å²) in [6, 6.07) is 5.46. The molecular weight excluding hydrogens is 262 g/mol. The number of benzene rings is 1. The molecule has 0 bridgehead atoms. The second-order valence-electron chi connectivity index (χ2n) is 2.80. The molecule has 1 aromatic rings. The van der Waals surface area contributed by atoms with Crippen LogP contribution in [-0.2, 0) is 4.74 Å². The second kappa shape index (κ2) is 5.95. The molecule has 1 aromatic carbocycles. The maximum atomic E-state index is 9.41. The van der Waals surface area contributed by atoms with E-state index < -0.39 is 6.41 Å². The standard InChI is InChI=1S/C10H14BrNO3/c1-3-15-10(13)12-8-6-7(11)4-5-9(8)14-2/h4-6,10,12-13H,3H2,1-2H3. The van der Waals surface area contributed by atoms with Crippen molar-refractivity contribution in [3.8, 4) is 5.75 Å². The molecule has 1 rings (SSSR count). The van der Waals surface area contributed by atoms with E-state index in [1.807, 2.05) is 13.0 Å². The first kappa shape index (κ1) is 12.3. The molecule has 0 amide bonds. The SMILES string of the molecule is CCOC(O)Nc1cc(Br)ccc1OC. The molecule has 0 aliphatic carbocycles. The number of methoxy groups -OCH3 is 1. The molecule has 84 valence electrons. The van der Waals surface area contributed by atoms with Gasteiger partial charge in [0.1, 0.15) is 5.75 Å². The lowest BCUT2D eigenvalue weighted by molar-refractivity contribution is -0.0731. The monoisotopic (exact) mass is 275 g/mol. The van der Waals surface area contributed by atoms with Crippen molar-refractivity contribution in [3.63, 3.8) is 0 Å². The summed E-state index contributed by atoms with van der Waals surface area (Å²) in [5.41, 5.74) is 0.674. The van der Waals surface area contributed by atoms with Gasteiger partial charge in [0.2, 0.25) is 6.41 Å². The van der Waals surface area contributed by atoms with Crippen molar-refractivity contribution >= 4 is 21.6 Å².